The molecule has 32 valence electrons. The lowest BCUT2D eigenvalue weighted by Crippen LogP contribution is -2.12. The van der Waals surface area contributed by atoms with Gasteiger partial charge in [0, 0.05) is 0 Å². The van der Waals surface area contributed by atoms with E-state index in [-0.39, 0.29) is 0 Å². The van der Waals surface area contributed by atoms with E-state index in [0.717, 1.165) is 0 Å². The lowest BCUT2D eigenvalue weighted by atomic mass is 11.0. The molecule has 0 bridgehead atoms. The van der Waals surface area contributed by atoms with Crippen LogP contribution in [0.3, 0.4) is 0 Å². The van der Waals surface area contributed by atoms with E-state index in [0.29, 0.717) is 0 Å². The molecule has 1 nitrogen and oxygen atoms in total. The number of thiazole rings is 1. The Morgan fingerprint density at radius 3 is 2.67 bits per heavy atom. The van der Waals surface area contributed by atoms with E-state index in [1.165, 1.54) is 4.09 Å². The van der Waals surface area contributed by atoms with Gasteiger partial charge in [0.1, 0.15) is 0 Å². The van der Waals surface area contributed by atoms with Gasteiger partial charge in [0.25, 0.3) is 11.8 Å². The van der Waals surface area contributed by atoms with Crippen LogP contribution in [0.2, 0.25) is 0 Å². The molecule has 0 radical (unpaired) electrons. The zero-order valence-electron chi connectivity index (χ0n) is 2.97. The lowest BCUT2D eigenvalue weighted by Gasteiger charge is -1.54. The molecule has 0 saturated carbocycles. The summed E-state index contributed by atoms with van der Waals surface area (Å²) >= 11 is 6.95. The molecule has 0 aliphatic rings. The lowest BCUT2D eigenvalue weighted by molar-refractivity contribution is -0.513. The van der Waals surface area contributed by atoms with Crippen molar-refractivity contribution in [3.63, 3.8) is 0 Å². The number of hydrogen-bond donors (Lipinski definition) is 0. The number of aromatic nitrogens is 1. The second kappa shape index (κ2) is 1.58. The maximum Gasteiger partial charge on any atom is 0.268 e. The van der Waals surface area contributed by atoms with E-state index in [2.05, 4.69) is 0 Å². The molecule has 0 amide bonds. The molecule has 0 saturated heterocycles. The molecule has 1 aromatic rings. The summed E-state index contributed by atoms with van der Waals surface area (Å²) in [7, 11) is 0. The summed E-state index contributed by atoms with van der Waals surface area (Å²) in [5, 5.41) is 1.91. The van der Waals surface area contributed by atoms with Crippen molar-refractivity contribution in [2.45, 2.75) is 0 Å². The molecule has 6 heavy (non-hydrogen) atoms. The summed E-state index contributed by atoms with van der Waals surface area (Å²) in [5.74, 6) is 0. The SMILES string of the molecule is Cl[n+]1ccsc1. The Bertz CT molecular complexity index is 114. The Labute approximate surface area is 44.9 Å². The average Bonchev–Trinajstić information content (AvgIpc) is 1.86. The van der Waals surface area contributed by atoms with Crippen LogP contribution in [0, 0.1) is 0 Å². The fourth-order valence-corrected chi connectivity index (χ4v) is 0.941. The van der Waals surface area contributed by atoms with Gasteiger partial charge in [-0.1, -0.05) is 15.4 Å². The monoisotopic (exact) mass is 120 g/mol. The van der Waals surface area contributed by atoms with Gasteiger partial charge in [-0.3, -0.25) is 0 Å². The largest absolute Gasteiger partial charge is 0.268 e. The van der Waals surface area contributed by atoms with Gasteiger partial charge in [0.05, 0.1) is 5.38 Å². The second-order valence-electron chi connectivity index (χ2n) is 0.871. The molecule has 3 heteroatoms. The van der Waals surface area contributed by atoms with Crippen molar-refractivity contribution in [2.24, 2.45) is 0 Å². The number of halogens is 1. The van der Waals surface area contributed by atoms with Crippen molar-refractivity contribution >= 4 is 23.1 Å². The maximum atomic E-state index is 5.38. The molecule has 0 fully saturated rings. The van der Waals surface area contributed by atoms with Crippen molar-refractivity contribution in [3.05, 3.63) is 17.1 Å². The van der Waals surface area contributed by atoms with Gasteiger partial charge in [0.2, 0.25) is 11.7 Å². The third-order valence-electron chi connectivity index (χ3n) is 0.443. The first kappa shape index (κ1) is 4.09. The summed E-state index contributed by atoms with van der Waals surface area (Å²) in [6.07, 6.45) is 1.78. The first-order chi connectivity index (χ1) is 2.89. The highest BCUT2D eigenvalue weighted by atomic mass is 35.5. The Kier molecular flexibility index (Phi) is 1.08. The summed E-state index contributed by atoms with van der Waals surface area (Å²) in [5.41, 5.74) is 1.81. The Hall–Kier alpha value is -0.0800. The third-order valence-corrected chi connectivity index (χ3v) is 1.40. The Morgan fingerprint density at radius 2 is 2.50 bits per heavy atom. The van der Waals surface area contributed by atoms with E-state index < -0.39 is 0 Å². The Balaban J connectivity index is 3.05. The first-order valence-corrected chi connectivity index (χ1v) is 2.77. The fraction of sp³-hybridized carbons (Fsp3) is 0. The fourth-order valence-electron chi connectivity index (χ4n) is 0.222. The zero-order chi connectivity index (χ0) is 4.41. The van der Waals surface area contributed by atoms with E-state index in [4.69, 9.17) is 11.8 Å². The van der Waals surface area contributed by atoms with Gasteiger partial charge < -0.3 is 0 Å². The summed E-state index contributed by atoms with van der Waals surface area (Å²) < 4.78 is 1.49. The van der Waals surface area contributed by atoms with Crippen molar-refractivity contribution in [1.29, 1.82) is 0 Å². The highest BCUT2D eigenvalue weighted by Gasteiger charge is 1.87. The highest BCUT2D eigenvalue weighted by Crippen LogP contribution is 1.86. The highest BCUT2D eigenvalue weighted by molar-refractivity contribution is 7.07. The number of hydrogen-bond acceptors (Lipinski definition) is 1. The van der Waals surface area contributed by atoms with Crippen LogP contribution in [0.1, 0.15) is 0 Å². The van der Waals surface area contributed by atoms with Crippen LogP contribution in [0.25, 0.3) is 0 Å². The molecule has 0 spiro atoms. The normalized spacial score (nSPS) is 8.83. The van der Waals surface area contributed by atoms with E-state index in [9.17, 15) is 0 Å². The van der Waals surface area contributed by atoms with E-state index in [1.54, 1.807) is 17.5 Å². The predicted molar refractivity (Wildman–Crippen MR) is 25.8 cm³/mol. The van der Waals surface area contributed by atoms with Gasteiger partial charge in [-0.05, 0) is 0 Å². The van der Waals surface area contributed by atoms with Crippen molar-refractivity contribution in [1.82, 2.24) is 0 Å². The van der Waals surface area contributed by atoms with Crippen LogP contribution < -0.4 is 4.09 Å². The summed E-state index contributed by atoms with van der Waals surface area (Å²) in [6, 6.07) is 0. The third kappa shape index (κ3) is 0.698. The van der Waals surface area contributed by atoms with Crippen molar-refractivity contribution in [3.8, 4) is 0 Å². The number of rotatable bonds is 0. The molecule has 0 aliphatic heterocycles. The second-order valence-corrected chi connectivity index (χ2v) is 2.02. The molecule has 0 aliphatic carbocycles. The molecular weight excluding hydrogens is 118 g/mol. The molecular formula is C3H3ClNS+. The standard InChI is InChI=1S/C3H3ClNS/c4-5-1-2-6-3-5/h1-3H/q+1. The van der Waals surface area contributed by atoms with Crippen LogP contribution in [0.4, 0.5) is 0 Å². The molecule has 1 rings (SSSR count). The minimum Gasteiger partial charge on any atom is -0.0793 e. The van der Waals surface area contributed by atoms with Crippen LogP contribution in [-0.4, -0.2) is 0 Å². The van der Waals surface area contributed by atoms with E-state index >= 15 is 0 Å². The summed E-state index contributed by atoms with van der Waals surface area (Å²) in [6.45, 7) is 0. The minimum atomic E-state index is 1.49. The smallest absolute Gasteiger partial charge is 0.0793 e. The van der Waals surface area contributed by atoms with Crippen LogP contribution >= 0.6 is 23.1 Å². The topological polar surface area (TPSA) is 3.88 Å². The zero-order valence-corrected chi connectivity index (χ0v) is 4.54. The molecule has 0 aromatic carbocycles. The first-order valence-electron chi connectivity index (χ1n) is 1.49. The molecule has 0 N–H and O–H groups in total. The average molecular weight is 121 g/mol. The van der Waals surface area contributed by atoms with E-state index in [1.807, 2.05) is 10.9 Å². The van der Waals surface area contributed by atoms with Gasteiger partial charge in [-0.25, -0.2) is 0 Å². The van der Waals surface area contributed by atoms with Gasteiger partial charge in [0.15, 0.2) is 0 Å². The van der Waals surface area contributed by atoms with Crippen LogP contribution in [0.15, 0.2) is 17.1 Å². The van der Waals surface area contributed by atoms with Crippen LogP contribution in [0.5, 0.6) is 0 Å². The van der Waals surface area contributed by atoms with Gasteiger partial charge >= 0.3 is 0 Å². The quantitative estimate of drug-likeness (QED) is 0.482. The molecule has 1 aromatic heterocycles. The minimum absolute atomic E-state index is 1.49. The van der Waals surface area contributed by atoms with Gasteiger partial charge in [-0.15, -0.1) is 0 Å². The Morgan fingerprint density at radius 1 is 1.67 bits per heavy atom. The number of nitrogens with zero attached hydrogens (tertiary/aromatic N) is 1. The molecule has 1 heterocycles. The maximum absolute atomic E-state index is 5.38. The van der Waals surface area contributed by atoms with Crippen LogP contribution in [-0.2, 0) is 0 Å². The molecule has 0 unspecified atom stereocenters. The molecule has 0 atom stereocenters. The van der Waals surface area contributed by atoms with Crippen molar-refractivity contribution in [2.75, 3.05) is 0 Å². The summed E-state index contributed by atoms with van der Waals surface area (Å²) in [4.78, 5) is 0. The predicted octanol–water partition coefficient (Wildman–Crippen LogP) is 1.04. The van der Waals surface area contributed by atoms with Gasteiger partial charge in [-0.2, -0.15) is 0 Å². The van der Waals surface area contributed by atoms with Crippen molar-refractivity contribution < 1.29 is 4.09 Å².